The van der Waals surface area contributed by atoms with E-state index in [1.54, 1.807) is 18.2 Å². The van der Waals surface area contributed by atoms with Crippen LogP contribution in [-0.2, 0) is 0 Å². The zero-order valence-electron chi connectivity index (χ0n) is 21.3. The summed E-state index contributed by atoms with van der Waals surface area (Å²) in [6.45, 7) is 7.80. The van der Waals surface area contributed by atoms with Crippen molar-refractivity contribution in [2.24, 2.45) is 0 Å². The van der Waals surface area contributed by atoms with Gasteiger partial charge in [-0.1, -0.05) is 73.8 Å². The predicted molar refractivity (Wildman–Crippen MR) is 162 cm³/mol. The molecule has 0 aromatic heterocycles. The number of rotatable bonds is 6. The minimum absolute atomic E-state index is 0.191. The Morgan fingerprint density at radius 3 is 1.69 bits per heavy atom. The fraction of sp³-hybridized carbons (Fsp3) is 0. The zero-order chi connectivity index (χ0) is 26.9. The molecule has 0 atom stereocenters. The molecule has 5 aromatic rings. The van der Waals surface area contributed by atoms with E-state index < -0.39 is 0 Å². The molecule has 1 aliphatic carbocycles. The molecule has 0 amide bonds. The molecule has 39 heavy (non-hydrogen) atoms. The SMILES string of the molecule is C=C/C=C(\C=C)N(c1ccccc1)c1ccc(C=C2C(=O)c3cc4cc5ccccc5cc4cc3C2=O)cc1. The molecule has 0 fully saturated rings. The van der Waals surface area contributed by atoms with Crippen molar-refractivity contribution in [3.05, 3.63) is 162 Å². The molecule has 0 heterocycles. The maximum atomic E-state index is 13.4. The van der Waals surface area contributed by atoms with Crippen molar-refractivity contribution >= 4 is 50.6 Å². The number of fused-ring (bicyclic) bond motifs is 3. The van der Waals surface area contributed by atoms with Gasteiger partial charge in [0.25, 0.3) is 0 Å². The van der Waals surface area contributed by atoms with Gasteiger partial charge in [0.2, 0.25) is 0 Å². The Bertz CT molecular complexity index is 1780. The number of nitrogens with zero attached hydrogens (tertiary/aromatic N) is 1. The summed E-state index contributed by atoms with van der Waals surface area (Å²) in [6.07, 6.45) is 7.10. The molecule has 186 valence electrons. The predicted octanol–water partition coefficient (Wildman–Crippen LogP) is 8.85. The highest BCUT2D eigenvalue weighted by Gasteiger charge is 2.33. The quantitative estimate of drug-likeness (QED) is 0.101. The van der Waals surface area contributed by atoms with E-state index in [9.17, 15) is 9.59 Å². The fourth-order valence-electron chi connectivity index (χ4n) is 5.16. The first-order chi connectivity index (χ1) is 19.1. The number of hydrogen-bond acceptors (Lipinski definition) is 3. The van der Waals surface area contributed by atoms with E-state index in [-0.39, 0.29) is 17.1 Å². The molecule has 0 saturated heterocycles. The zero-order valence-corrected chi connectivity index (χ0v) is 21.3. The standard InChI is InChI=1S/C36H25NO2/c1-3-10-29(4-2)37(30-13-6-5-7-14-30)31-17-15-24(16-18-31)19-34-35(38)32-22-27-20-25-11-8-9-12-26(25)21-28(27)23-33(32)36(34)39/h3-23H,1-2H2/b29-10+. The van der Waals surface area contributed by atoms with Gasteiger partial charge in [0, 0.05) is 28.2 Å². The number of benzene rings is 5. The summed E-state index contributed by atoms with van der Waals surface area (Å²) in [5, 5.41) is 4.10. The summed E-state index contributed by atoms with van der Waals surface area (Å²) in [4.78, 5) is 28.8. The highest BCUT2D eigenvalue weighted by molar-refractivity contribution is 6.42. The molecule has 0 spiro atoms. The van der Waals surface area contributed by atoms with Gasteiger partial charge in [0.15, 0.2) is 11.6 Å². The van der Waals surface area contributed by atoms with Crippen LogP contribution in [0.1, 0.15) is 26.3 Å². The summed E-state index contributed by atoms with van der Waals surface area (Å²) in [5.74, 6) is -0.467. The van der Waals surface area contributed by atoms with Gasteiger partial charge >= 0.3 is 0 Å². The number of ketones is 2. The number of anilines is 2. The largest absolute Gasteiger partial charge is 0.311 e. The normalized spacial score (nSPS) is 13.0. The van der Waals surface area contributed by atoms with E-state index in [2.05, 4.69) is 30.2 Å². The first-order valence-electron chi connectivity index (χ1n) is 12.8. The van der Waals surface area contributed by atoms with Crippen molar-refractivity contribution in [1.29, 1.82) is 0 Å². The first-order valence-corrected chi connectivity index (χ1v) is 12.8. The summed E-state index contributed by atoms with van der Waals surface area (Å²) in [7, 11) is 0. The van der Waals surface area contributed by atoms with Crippen LogP contribution in [0.3, 0.4) is 0 Å². The van der Waals surface area contributed by atoms with E-state index >= 15 is 0 Å². The van der Waals surface area contributed by atoms with Crippen LogP contribution in [0.5, 0.6) is 0 Å². The van der Waals surface area contributed by atoms with Crippen molar-refractivity contribution in [3.63, 3.8) is 0 Å². The number of Topliss-reactive ketones (excluding diaryl/α,β-unsaturated/α-hetero) is 2. The van der Waals surface area contributed by atoms with Crippen molar-refractivity contribution in [2.75, 3.05) is 4.90 Å². The van der Waals surface area contributed by atoms with Gasteiger partial charge in [-0.05, 0) is 93.9 Å². The molecule has 0 aliphatic heterocycles. The molecule has 1 aliphatic rings. The van der Waals surface area contributed by atoms with Gasteiger partial charge in [0.1, 0.15) is 0 Å². The Kier molecular flexibility index (Phi) is 6.10. The Balaban J connectivity index is 1.36. The summed E-state index contributed by atoms with van der Waals surface area (Å²) in [6, 6.07) is 33.7. The average Bonchev–Trinajstić information content (AvgIpc) is 3.19. The van der Waals surface area contributed by atoms with Crippen LogP contribution >= 0.6 is 0 Å². The molecule has 0 saturated carbocycles. The third kappa shape index (κ3) is 4.30. The second-order valence-corrected chi connectivity index (χ2v) is 9.45. The second kappa shape index (κ2) is 9.88. The van der Waals surface area contributed by atoms with Gasteiger partial charge in [-0.15, -0.1) is 0 Å². The third-order valence-electron chi connectivity index (χ3n) is 7.05. The molecule has 6 rings (SSSR count). The van der Waals surface area contributed by atoms with Crippen molar-refractivity contribution in [3.8, 4) is 0 Å². The minimum atomic E-state index is -0.233. The van der Waals surface area contributed by atoms with E-state index in [1.807, 2.05) is 97.1 Å². The monoisotopic (exact) mass is 503 g/mol. The Hall–Kier alpha value is -5.28. The van der Waals surface area contributed by atoms with Crippen LogP contribution in [0.2, 0.25) is 0 Å². The van der Waals surface area contributed by atoms with E-state index in [0.717, 1.165) is 44.2 Å². The number of para-hydroxylation sites is 1. The summed E-state index contributed by atoms with van der Waals surface area (Å²) >= 11 is 0. The smallest absolute Gasteiger partial charge is 0.197 e. The lowest BCUT2D eigenvalue weighted by molar-refractivity contribution is 0.0990. The number of carbonyl (C=O) groups excluding carboxylic acids is 2. The van der Waals surface area contributed by atoms with Crippen LogP contribution in [-0.4, -0.2) is 11.6 Å². The van der Waals surface area contributed by atoms with Gasteiger partial charge < -0.3 is 4.90 Å². The molecule has 0 unspecified atom stereocenters. The molecule has 5 aromatic carbocycles. The summed E-state index contributed by atoms with van der Waals surface area (Å²) in [5.41, 5.74) is 4.67. The number of carbonyl (C=O) groups is 2. The van der Waals surface area contributed by atoms with Crippen molar-refractivity contribution in [1.82, 2.24) is 0 Å². The lowest BCUT2D eigenvalue weighted by atomic mass is 9.99. The molecular formula is C36H25NO2. The van der Waals surface area contributed by atoms with E-state index in [4.69, 9.17) is 0 Å². The second-order valence-electron chi connectivity index (χ2n) is 9.45. The minimum Gasteiger partial charge on any atom is -0.311 e. The van der Waals surface area contributed by atoms with E-state index in [1.165, 1.54) is 0 Å². The highest BCUT2D eigenvalue weighted by Crippen LogP contribution is 2.34. The Morgan fingerprint density at radius 2 is 1.15 bits per heavy atom. The van der Waals surface area contributed by atoms with Gasteiger partial charge in [-0.2, -0.15) is 0 Å². The Labute approximate surface area is 227 Å². The third-order valence-corrected chi connectivity index (χ3v) is 7.05. The number of allylic oxidation sites excluding steroid dienone is 4. The Morgan fingerprint density at radius 1 is 0.615 bits per heavy atom. The maximum absolute atomic E-state index is 13.4. The van der Waals surface area contributed by atoms with Crippen LogP contribution in [0, 0.1) is 0 Å². The van der Waals surface area contributed by atoms with Crippen LogP contribution in [0.15, 0.2) is 146 Å². The van der Waals surface area contributed by atoms with Gasteiger partial charge in [0.05, 0.1) is 5.57 Å². The molecule has 0 N–H and O–H groups in total. The molecule has 0 bridgehead atoms. The van der Waals surface area contributed by atoms with Gasteiger partial charge in [-0.3, -0.25) is 9.59 Å². The van der Waals surface area contributed by atoms with E-state index in [0.29, 0.717) is 11.1 Å². The maximum Gasteiger partial charge on any atom is 0.197 e. The highest BCUT2D eigenvalue weighted by atomic mass is 16.2. The fourth-order valence-corrected chi connectivity index (χ4v) is 5.16. The molecule has 3 nitrogen and oxygen atoms in total. The molecule has 3 heteroatoms. The number of hydrogen-bond donors (Lipinski definition) is 0. The first kappa shape index (κ1) is 24.1. The molecule has 0 radical (unpaired) electrons. The summed E-state index contributed by atoms with van der Waals surface area (Å²) < 4.78 is 0. The molecular weight excluding hydrogens is 478 g/mol. The van der Waals surface area contributed by atoms with Crippen LogP contribution < -0.4 is 4.90 Å². The average molecular weight is 504 g/mol. The lowest BCUT2D eigenvalue weighted by Crippen LogP contribution is -2.14. The van der Waals surface area contributed by atoms with Crippen LogP contribution in [0.25, 0.3) is 27.6 Å². The lowest BCUT2D eigenvalue weighted by Gasteiger charge is -2.26. The van der Waals surface area contributed by atoms with Crippen LogP contribution in [0.4, 0.5) is 11.4 Å². The van der Waals surface area contributed by atoms with Crippen molar-refractivity contribution in [2.45, 2.75) is 0 Å². The van der Waals surface area contributed by atoms with Gasteiger partial charge in [-0.25, -0.2) is 0 Å². The topological polar surface area (TPSA) is 37.4 Å². The van der Waals surface area contributed by atoms with Crippen molar-refractivity contribution < 1.29 is 9.59 Å².